The van der Waals surface area contributed by atoms with Gasteiger partial charge in [0.1, 0.15) is 5.65 Å². The Morgan fingerprint density at radius 1 is 1.58 bits per heavy atom. The monoisotopic (exact) mass is 164 g/mol. The quantitative estimate of drug-likeness (QED) is 0.629. The van der Waals surface area contributed by atoms with E-state index in [4.69, 9.17) is 5.11 Å². The highest BCUT2D eigenvalue weighted by Gasteiger charge is 1.98. The van der Waals surface area contributed by atoms with Gasteiger partial charge in [0, 0.05) is 24.5 Å². The largest absolute Gasteiger partial charge is 0.390 e. The van der Waals surface area contributed by atoms with Crippen LogP contribution in [0.15, 0.2) is 29.3 Å². The number of hydrogen-bond donors (Lipinski definition) is 2. The summed E-state index contributed by atoms with van der Waals surface area (Å²) in [7, 11) is 0. The lowest BCUT2D eigenvalue weighted by molar-refractivity contribution is 0.276. The van der Waals surface area contributed by atoms with Crippen molar-refractivity contribution in [1.29, 1.82) is 0 Å². The van der Waals surface area contributed by atoms with Crippen LogP contribution < -0.4 is 5.43 Å². The molecule has 0 fully saturated rings. The van der Waals surface area contributed by atoms with Gasteiger partial charge >= 0.3 is 0 Å². The van der Waals surface area contributed by atoms with Crippen LogP contribution in [0, 0.1) is 0 Å². The van der Waals surface area contributed by atoms with Crippen molar-refractivity contribution in [3.63, 3.8) is 0 Å². The molecule has 0 atom stereocenters. The molecule has 0 amide bonds. The van der Waals surface area contributed by atoms with E-state index in [1.54, 1.807) is 16.8 Å². The Bertz CT molecular complexity index is 455. The number of rotatable bonds is 1. The van der Waals surface area contributed by atoms with Crippen molar-refractivity contribution in [3.05, 3.63) is 40.4 Å². The van der Waals surface area contributed by atoms with Crippen molar-refractivity contribution in [1.82, 2.24) is 9.38 Å². The number of aromatic nitrogens is 2. The summed E-state index contributed by atoms with van der Waals surface area (Å²) in [4.78, 5) is 13.8. The second kappa shape index (κ2) is 2.49. The molecule has 12 heavy (non-hydrogen) atoms. The number of nitrogens with zero attached hydrogens (tertiary/aromatic N) is 1. The van der Waals surface area contributed by atoms with Crippen molar-refractivity contribution in [2.45, 2.75) is 6.61 Å². The van der Waals surface area contributed by atoms with E-state index >= 15 is 0 Å². The van der Waals surface area contributed by atoms with E-state index in [0.29, 0.717) is 5.65 Å². The summed E-state index contributed by atoms with van der Waals surface area (Å²) in [5.74, 6) is 0. The molecule has 4 nitrogen and oxygen atoms in total. The number of H-pyrrole nitrogens is 1. The number of fused-ring (bicyclic) bond motifs is 1. The number of aliphatic hydroxyl groups is 1. The fraction of sp³-hybridized carbons (Fsp3) is 0.125. The van der Waals surface area contributed by atoms with Crippen LogP contribution >= 0.6 is 0 Å². The van der Waals surface area contributed by atoms with E-state index in [1.165, 1.54) is 12.1 Å². The molecule has 0 radical (unpaired) electrons. The van der Waals surface area contributed by atoms with Crippen LogP contribution in [-0.2, 0) is 6.61 Å². The molecule has 0 bridgehead atoms. The summed E-state index contributed by atoms with van der Waals surface area (Å²) < 4.78 is 1.74. The molecule has 0 aliphatic carbocycles. The van der Waals surface area contributed by atoms with Gasteiger partial charge in [-0.25, -0.2) is 0 Å². The molecule has 0 saturated carbocycles. The van der Waals surface area contributed by atoms with E-state index in [9.17, 15) is 4.79 Å². The van der Waals surface area contributed by atoms with Crippen LogP contribution in [0.4, 0.5) is 0 Å². The molecule has 0 spiro atoms. The number of imidazole rings is 1. The van der Waals surface area contributed by atoms with Crippen molar-refractivity contribution in [2.24, 2.45) is 0 Å². The van der Waals surface area contributed by atoms with Gasteiger partial charge < -0.3 is 14.5 Å². The predicted octanol–water partition coefficient (Wildman–Crippen LogP) is 0.120. The maximum absolute atomic E-state index is 10.9. The Labute approximate surface area is 68.1 Å². The van der Waals surface area contributed by atoms with Crippen LogP contribution in [0.2, 0.25) is 0 Å². The van der Waals surface area contributed by atoms with Gasteiger partial charge in [0.15, 0.2) is 5.43 Å². The molecule has 0 saturated heterocycles. The fourth-order valence-electron chi connectivity index (χ4n) is 1.19. The Morgan fingerprint density at radius 2 is 2.42 bits per heavy atom. The van der Waals surface area contributed by atoms with Crippen molar-refractivity contribution < 1.29 is 5.11 Å². The zero-order chi connectivity index (χ0) is 8.55. The predicted molar refractivity (Wildman–Crippen MR) is 43.9 cm³/mol. The molecule has 2 rings (SSSR count). The molecule has 62 valence electrons. The zero-order valence-corrected chi connectivity index (χ0v) is 6.32. The third-order valence-corrected chi connectivity index (χ3v) is 1.78. The molecule has 0 unspecified atom stereocenters. The van der Waals surface area contributed by atoms with Crippen LogP contribution in [0.1, 0.15) is 5.69 Å². The molecular weight excluding hydrogens is 156 g/mol. The Balaban J connectivity index is 2.81. The van der Waals surface area contributed by atoms with Crippen LogP contribution in [0.5, 0.6) is 0 Å². The van der Waals surface area contributed by atoms with Crippen LogP contribution in [0.25, 0.3) is 5.65 Å². The van der Waals surface area contributed by atoms with E-state index in [1.807, 2.05) is 0 Å². The van der Waals surface area contributed by atoms with Gasteiger partial charge in [0.05, 0.1) is 12.3 Å². The first-order valence-electron chi connectivity index (χ1n) is 3.61. The minimum absolute atomic E-state index is 0.0388. The van der Waals surface area contributed by atoms with Crippen molar-refractivity contribution >= 4 is 5.65 Å². The molecule has 2 N–H and O–H groups in total. The van der Waals surface area contributed by atoms with Gasteiger partial charge in [-0.3, -0.25) is 4.79 Å². The average molecular weight is 164 g/mol. The molecule has 4 heteroatoms. The molecule has 2 aromatic rings. The Kier molecular flexibility index (Phi) is 1.48. The molecule has 0 aliphatic rings. The summed E-state index contributed by atoms with van der Waals surface area (Å²) in [6.07, 6.45) is 3.31. The third-order valence-electron chi connectivity index (χ3n) is 1.78. The normalized spacial score (nSPS) is 10.8. The molecular formula is C8H8N2O2. The number of aliphatic hydroxyl groups excluding tert-OH is 1. The second-order valence-electron chi connectivity index (χ2n) is 2.56. The van der Waals surface area contributed by atoms with Crippen LogP contribution in [0.3, 0.4) is 0 Å². The fourth-order valence-corrected chi connectivity index (χ4v) is 1.19. The topological polar surface area (TPSA) is 57.5 Å². The Hall–Kier alpha value is -1.55. The zero-order valence-electron chi connectivity index (χ0n) is 6.32. The van der Waals surface area contributed by atoms with Gasteiger partial charge in [0.2, 0.25) is 0 Å². The van der Waals surface area contributed by atoms with Gasteiger partial charge in [-0.2, -0.15) is 0 Å². The first-order valence-corrected chi connectivity index (χ1v) is 3.61. The van der Waals surface area contributed by atoms with Crippen molar-refractivity contribution in [2.75, 3.05) is 0 Å². The summed E-state index contributed by atoms with van der Waals surface area (Å²) >= 11 is 0. The van der Waals surface area contributed by atoms with E-state index in [2.05, 4.69) is 4.98 Å². The lowest BCUT2D eigenvalue weighted by Gasteiger charge is -1.94. The van der Waals surface area contributed by atoms with Gasteiger partial charge in [-0.1, -0.05) is 0 Å². The highest BCUT2D eigenvalue weighted by Crippen LogP contribution is 2.02. The SMILES string of the molecule is O=c1ccn2c(CO)c[nH]c2c1. The molecule has 0 aromatic carbocycles. The number of hydrogen-bond acceptors (Lipinski definition) is 2. The maximum Gasteiger partial charge on any atom is 0.183 e. The van der Waals surface area contributed by atoms with E-state index < -0.39 is 0 Å². The highest BCUT2D eigenvalue weighted by atomic mass is 16.3. The minimum atomic E-state index is -0.0404. The second-order valence-corrected chi connectivity index (χ2v) is 2.56. The van der Waals surface area contributed by atoms with Gasteiger partial charge in [-0.15, -0.1) is 0 Å². The summed E-state index contributed by atoms with van der Waals surface area (Å²) in [6, 6.07) is 2.94. The van der Waals surface area contributed by atoms with Gasteiger partial charge in [-0.05, 0) is 0 Å². The Morgan fingerprint density at radius 3 is 3.17 bits per heavy atom. The standard InChI is InChI=1S/C8H8N2O2/c11-5-6-4-9-8-3-7(12)1-2-10(6)8/h1-4,9,11H,5H2. The first kappa shape index (κ1) is 7.12. The summed E-state index contributed by atoms with van der Waals surface area (Å²) in [6.45, 7) is -0.0388. The smallest absolute Gasteiger partial charge is 0.183 e. The third kappa shape index (κ3) is 0.931. The molecule has 2 heterocycles. The number of nitrogens with one attached hydrogen (secondary N) is 1. The summed E-state index contributed by atoms with van der Waals surface area (Å²) in [5, 5.41) is 8.87. The van der Waals surface area contributed by atoms with E-state index in [-0.39, 0.29) is 12.0 Å². The van der Waals surface area contributed by atoms with Crippen LogP contribution in [-0.4, -0.2) is 14.5 Å². The first-order chi connectivity index (χ1) is 5.81. The summed E-state index contributed by atoms with van der Waals surface area (Å²) in [5.41, 5.74) is 1.40. The van der Waals surface area contributed by atoms with Crippen molar-refractivity contribution in [3.8, 4) is 0 Å². The molecule has 0 aliphatic heterocycles. The highest BCUT2D eigenvalue weighted by molar-refractivity contribution is 5.39. The van der Waals surface area contributed by atoms with E-state index in [0.717, 1.165) is 5.69 Å². The van der Waals surface area contributed by atoms with Gasteiger partial charge in [0.25, 0.3) is 0 Å². The number of aromatic amines is 1. The lowest BCUT2D eigenvalue weighted by atomic mass is 10.4. The molecule has 2 aromatic heterocycles. The maximum atomic E-state index is 10.9. The minimum Gasteiger partial charge on any atom is -0.390 e. The lowest BCUT2D eigenvalue weighted by Crippen LogP contribution is -2.00. The number of pyridine rings is 1. The average Bonchev–Trinajstić information content (AvgIpc) is 2.46.